The molecule has 114 valence electrons. The Morgan fingerprint density at radius 2 is 2.23 bits per heavy atom. The van der Waals surface area contributed by atoms with Gasteiger partial charge in [0.15, 0.2) is 0 Å². The minimum absolute atomic E-state index is 0.101. The van der Waals surface area contributed by atoms with Crippen LogP contribution in [0.3, 0.4) is 0 Å². The van der Waals surface area contributed by atoms with Crippen molar-refractivity contribution in [1.29, 1.82) is 0 Å². The van der Waals surface area contributed by atoms with Crippen molar-refractivity contribution in [2.75, 3.05) is 11.9 Å². The maximum Gasteiger partial charge on any atom is 0.306 e. The molecule has 1 aromatic carbocycles. The van der Waals surface area contributed by atoms with E-state index in [9.17, 15) is 19.3 Å². The largest absolute Gasteiger partial charge is 0.477 e. The molecule has 2 rings (SSSR count). The van der Waals surface area contributed by atoms with Gasteiger partial charge in [-0.1, -0.05) is 0 Å². The summed E-state index contributed by atoms with van der Waals surface area (Å²) >= 11 is 0. The van der Waals surface area contributed by atoms with Gasteiger partial charge in [-0.25, -0.2) is 4.98 Å². The van der Waals surface area contributed by atoms with Crippen molar-refractivity contribution in [2.45, 2.75) is 6.92 Å². The molecule has 22 heavy (non-hydrogen) atoms. The van der Waals surface area contributed by atoms with Crippen LogP contribution in [0.2, 0.25) is 0 Å². The number of nitrogens with one attached hydrogen (secondary N) is 1. The van der Waals surface area contributed by atoms with Crippen LogP contribution in [0.15, 0.2) is 36.5 Å². The second kappa shape index (κ2) is 6.61. The van der Waals surface area contributed by atoms with Crippen molar-refractivity contribution in [1.82, 2.24) is 4.98 Å². The van der Waals surface area contributed by atoms with Crippen LogP contribution in [0, 0.1) is 15.9 Å². The molecule has 1 N–H and O–H groups in total. The van der Waals surface area contributed by atoms with Crippen LogP contribution in [0.4, 0.5) is 15.8 Å². The molecule has 0 aliphatic heterocycles. The average Bonchev–Trinajstić information content (AvgIpc) is 2.49. The normalized spacial score (nSPS) is 10.1. The number of nitrogens with zero attached hydrogens (tertiary/aromatic N) is 2. The highest BCUT2D eigenvalue weighted by molar-refractivity contribution is 6.05. The highest BCUT2D eigenvalue weighted by Crippen LogP contribution is 2.23. The van der Waals surface area contributed by atoms with Gasteiger partial charge in [0, 0.05) is 18.0 Å². The Morgan fingerprint density at radius 1 is 1.45 bits per heavy atom. The van der Waals surface area contributed by atoms with Gasteiger partial charge < -0.3 is 10.1 Å². The van der Waals surface area contributed by atoms with Crippen molar-refractivity contribution in [3.8, 4) is 5.88 Å². The summed E-state index contributed by atoms with van der Waals surface area (Å²) in [5, 5.41) is 13.1. The summed E-state index contributed by atoms with van der Waals surface area (Å²) in [6.45, 7) is 2.08. The van der Waals surface area contributed by atoms with Crippen LogP contribution in [0.1, 0.15) is 17.3 Å². The van der Waals surface area contributed by atoms with Crippen molar-refractivity contribution >= 4 is 17.3 Å². The number of nitro groups is 1. The van der Waals surface area contributed by atoms with E-state index in [1.54, 1.807) is 13.0 Å². The number of halogens is 1. The van der Waals surface area contributed by atoms with Crippen molar-refractivity contribution in [2.24, 2.45) is 0 Å². The molecule has 1 aromatic heterocycles. The Balaban J connectivity index is 2.26. The van der Waals surface area contributed by atoms with Crippen LogP contribution in [0.25, 0.3) is 0 Å². The van der Waals surface area contributed by atoms with E-state index in [4.69, 9.17) is 4.74 Å². The van der Waals surface area contributed by atoms with E-state index < -0.39 is 22.3 Å². The predicted molar refractivity (Wildman–Crippen MR) is 76.4 cm³/mol. The fourth-order valence-corrected chi connectivity index (χ4v) is 1.74. The van der Waals surface area contributed by atoms with Gasteiger partial charge in [-0.05, 0) is 31.2 Å². The minimum Gasteiger partial charge on any atom is -0.477 e. The molecule has 1 amide bonds. The first-order valence-corrected chi connectivity index (χ1v) is 6.36. The van der Waals surface area contributed by atoms with Crippen molar-refractivity contribution in [3.63, 3.8) is 0 Å². The van der Waals surface area contributed by atoms with Crippen LogP contribution in [0.5, 0.6) is 5.88 Å². The molecule has 0 fully saturated rings. The van der Waals surface area contributed by atoms with Crippen molar-refractivity contribution < 1.29 is 18.8 Å². The van der Waals surface area contributed by atoms with Gasteiger partial charge in [-0.3, -0.25) is 14.9 Å². The third-order valence-corrected chi connectivity index (χ3v) is 2.70. The first-order valence-electron chi connectivity index (χ1n) is 6.36. The molecule has 0 atom stereocenters. The Labute approximate surface area is 124 Å². The first-order chi connectivity index (χ1) is 10.5. The lowest BCUT2D eigenvalue weighted by Crippen LogP contribution is -2.14. The Morgan fingerprint density at radius 3 is 2.91 bits per heavy atom. The molecular formula is C14H12FN3O4. The molecule has 0 spiro atoms. The van der Waals surface area contributed by atoms with E-state index in [1.807, 2.05) is 0 Å². The van der Waals surface area contributed by atoms with Crippen LogP contribution < -0.4 is 10.1 Å². The number of amides is 1. The quantitative estimate of drug-likeness (QED) is 0.677. The number of pyridine rings is 1. The topological polar surface area (TPSA) is 94.4 Å². The lowest BCUT2D eigenvalue weighted by atomic mass is 10.2. The summed E-state index contributed by atoms with van der Waals surface area (Å²) < 4.78 is 18.5. The summed E-state index contributed by atoms with van der Waals surface area (Å²) in [7, 11) is 0. The van der Waals surface area contributed by atoms with Gasteiger partial charge in [0.05, 0.1) is 11.5 Å². The third kappa shape index (κ3) is 3.35. The van der Waals surface area contributed by atoms with Gasteiger partial charge in [0.25, 0.3) is 5.91 Å². The molecule has 0 aliphatic carbocycles. The number of ether oxygens (including phenoxy) is 1. The lowest BCUT2D eigenvalue weighted by Gasteiger charge is -2.09. The molecule has 0 unspecified atom stereocenters. The molecule has 0 saturated heterocycles. The number of benzene rings is 1. The molecule has 0 saturated carbocycles. The second-order valence-corrected chi connectivity index (χ2v) is 4.17. The number of aromatic nitrogens is 1. The third-order valence-electron chi connectivity index (χ3n) is 2.70. The van der Waals surface area contributed by atoms with Crippen LogP contribution >= 0.6 is 0 Å². The number of hydrogen-bond acceptors (Lipinski definition) is 5. The van der Waals surface area contributed by atoms with Crippen LogP contribution in [-0.4, -0.2) is 22.4 Å². The van der Waals surface area contributed by atoms with E-state index in [0.717, 1.165) is 12.1 Å². The maximum atomic E-state index is 13.3. The standard InChI is InChI=1S/C14H12FN3O4/c1-2-22-14-10(4-3-7-16-14)13(19)17-9-5-6-11(15)12(8-9)18(20)21/h3-8H,2H2,1H3,(H,17,19). The number of carbonyl (C=O) groups excluding carboxylic acids is 1. The SMILES string of the molecule is CCOc1ncccc1C(=O)Nc1ccc(F)c([N+](=O)[O-])c1. The van der Waals surface area contributed by atoms with Gasteiger partial charge in [-0.2, -0.15) is 4.39 Å². The molecular weight excluding hydrogens is 293 g/mol. The zero-order valence-electron chi connectivity index (χ0n) is 11.6. The highest BCUT2D eigenvalue weighted by atomic mass is 19.1. The number of rotatable bonds is 5. The van der Waals surface area contributed by atoms with Crippen molar-refractivity contribution in [3.05, 3.63) is 58.0 Å². The summed E-state index contributed by atoms with van der Waals surface area (Å²) in [6.07, 6.45) is 1.48. The average molecular weight is 305 g/mol. The monoisotopic (exact) mass is 305 g/mol. The number of nitro benzene ring substituents is 1. The molecule has 7 nitrogen and oxygen atoms in total. The molecule has 0 bridgehead atoms. The summed E-state index contributed by atoms with van der Waals surface area (Å²) in [4.78, 5) is 26.0. The van der Waals surface area contributed by atoms with E-state index in [1.165, 1.54) is 18.3 Å². The fourth-order valence-electron chi connectivity index (χ4n) is 1.74. The Bertz CT molecular complexity index is 721. The van der Waals surface area contributed by atoms with Gasteiger partial charge in [0.1, 0.15) is 5.56 Å². The molecule has 8 heteroatoms. The predicted octanol–water partition coefficient (Wildman–Crippen LogP) is 2.78. The van der Waals surface area contributed by atoms with E-state index >= 15 is 0 Å². The van der Waals surface area contributed by atoms with Gasteiger partial charge in [0.2, 0.25) is 11.7 Å². The maximum absolute atomic E-state index is 13.3. The molecule has 0 aliphatic rings. The zero-order valence-corrected chi connectivity index (χ0v) is 11.6. The second-order valence-electron chi connectivity index (χ2n) is 4.17. The summed E-state index contributed by atoms with van der Waals surface area (Å²) in [5.41, 5.74) is -0.435. The number of carbonyl (C=O) groups is 1. The minimum atomic E-state index is -0.973. The van der Waals surface area contributed by atoms with E-state index in [2.05, 4.69) is 10.3 Å². The number of anilines is 1. The zero-order chi connectivity index (χ0) is 16.1. The molecule has 0 radical (unpaired) electrons. The smallest absolute Gasteiger partial charge is 0.306 e. The Kier molecular flexibility index (Phi) is 4.62. The molecule has 2 aromatic rings. The summed E-state index contributed by atoms with van der Waals surface area (Å²) in [6, 6.07) is 6.16. The van der Waals surface area contributed by atoms with E-state index in [-0.39, 0.29) is 17.1 Å². The summed E-state index contributed by atoms with van der Waals surface area (Å²) in [5.74, 6) is -1.38. The lowest BCUT2D eigenvalue weighted by molar-refractivity contribution is -0.387. The fraction of sp³-hybridized carbons (Fsp3) is 0.143. The molecule has 1 heterocycles. The first kappa shape index (κ1) is 15.4. The number of hydrogen-bond donors (Lipinski definition) is 1. The highest BCUT2D eigenvalue weighted by Gasteiger charge is 2.17. The van der Waals surface area contributed by atoms with E-state index in [0.29, 0.717) is 6.61 Å². The Hall–Kier alpha value is -3.03. The van der Waals surface area contributed by atoms with Crippen LogP contribution in [-0.2, 0) is 0 Å². The van der Waals surface area contributed by atoms with Gasteiger partial charge >= 0.3 is 5.69 Å². The van der Waals surface area contributed by atoms with Gasteiger partial charge in [-0.15, -0.1) is 0 Å².